The molecular weight excluding hydrogens is 300 g/mol. The molecule has 0 unspecified atom stereocenters. The standard InChI is InChI=1S/C17H9F2N3O/c18-12-5-1-3-10(7-12)15-16(11-4-2-6-13(19)8-11)22-17(23)14(9-20)21-15/h1-8H,(H,22,23). The monoisotopic (exact) mass is 309 g/mol. The first kappa shape index (κ1) is 14.6. The van der Waals surface area contributed by atoms with Gasteiger partial charge in [-0.25, -0.2) is 13.8 Å². The van der Waals surface area contributed by atoms with Crippen molar-refractivity contribution in [2.45, 2.75) is 0 Å². The van der Waals surface area contributed by atoms with Crippen LogP contribution in [-0.4, -0.2) is 9.97 Å². The molecule has 4 nitrogen and oxygen atoms in total. The van der Waals surface area contributed by atoms with Gasteiger partial charge >= 0.3 is 0 Å². The van der Waals surface area contributed by atoms with Crippen molar-refractivity contribution in [1.29, 1.82) is 5.26 Å². The van der Waals surface area contributed by atoms with Gasteiger partial charge in [-0.05, 0) is 24.3 Å². The molecule has 0 saturated heterocycles. The zero-order chi connectivity index (χ0) is 16.4. The number of nitrogens with zero attached hydrogens (tertiary/aromatic N) is 2. The predicted molar refractivity (Wildman–Crippen MR) is 80.4 cm³/mol. The normalized spacial score (nSPS) is 10.3. The van der Waals surface area contributed by atoms with Gasteiger partial charge in [-0.3, -0.25) is 4.79 Å². The number of nitrogens with one attached hydrogen (secondary N) is 1. The molecule has 0 amide bonds. The summed E-state index contributed by atoms with van der Waals surface area (Å²) in [5.41, 5.74) is 0.136. The highest BCUT2D eigenvalue weighted by Crippen LogP contribution is 2.28. The van der Waals surface area contributed by atoms with Crippen LogP contribution < -0.4 is 5.56 Å². The van der Waals surface area contributed by atoms with Crippen LogP contribution >= 0.6 is 0 Å². The molecule has 3 rings (SSSR count). The summed E-state index contributed by atoms with van der Waals surface area (Å²) in [6.07, 6.45) is 0. The van der Waals surface area contributed by atoms with Crippen molar-refractivity contribution in [3.05, 3.63) is 76.2 Å². The van der Waals surface area contributed by atoms with Gasteiger partial charge in [0.1, 0.15) is 17.7 Å². The van der Waals surface area contributed by atoms with E-state index >= 15 is 0 Å². The lowest BCUT2D eigenvalue weighted by Gasteiger charge is -2.09. The Labute approximate surface area is 129 Å². The summed E-state index contributed by atoms with van der Waals surface area (Å²) >= 11 is 0. The van der Waals surface area contributed by atoms with Crippen LogP contribution in [0.4, 0.5) is 8.78 Å². The molecule has 23 heavy (non-hydrogen) atoms. The summed E-state index contributed by atoms with van der Waals surface area (Å²) in [7, 11) is 0. The van der Waals surface area contributed by atoms with Crippen LogP contribution in [0.3, 0.4) is 0 Å². The van der Waals surface area contributed by atoms with Crippen LogP contribution in [0.5, 0.6) is 0 Å². The van der Waals surface area contributed by atoms with Gasteiger partial charge in [-0.2, -0.15) is 5.26 Å². The molecular formula is C17H9F2N3O. The van der Waals surface area contributed by atoms with Gasteiger partial charge in [0.2, 0.25) is 5.69 Å². The van der Waals surface area contributed by atoms with Crippen LogP contribution in [0.25, 0.3) is 22.5 Å². The third kappa shape index (κ3) is 2.85. The molecule has 1 aromatic heterocycles. The van der Waals surface area contributed by atoms with Crippen molar-refractivity contribution >= 4 is 0 Å². The maximum absolute atomic E-state index is 13.5. The molecule has 0 atom stereocenters. The van der Waals surface area contributed by atoms with Crippen molar-refractivity contribution < 1.29 is 8.78 Å². The first-order valence-electron chi connectivity index (χ1n) is 6.65. The van der Waals surface area contributed by atoms with Crippen molar-refractivity contribution in [2.24, 2.45) is 0 Å². The fraction of sp³-hybridized carbons (Fsp3) is 0. The zero-order valence-corrected chi connectivity index (χ0v) is 11.7. The van der Waals surface area contributed by atoms with Crippen molar-refractivity contribution in [1.82, 2.24) is 9.97 Å². The van der Waals surface area contributed by atoms with E-state index in [9.17, 15) is 13.6 Å². The summed E-state index contributed by atoms with van der Waals surface area (Å²) in [6, 6.07) is 12.8. The zero-order valence-electron chi connectivity index (χ0n) is 11.7. The molecule has 3 aromatic rings. The van der Waals surface area contributed by atoms with Gasteiger partial charge in [-0.1, -0.05) is 24.3 Å². The SMILES string of the molecule is N#Cc1nc(-c2cccc(F)c2)c(-c2cccc(F)c2)[nH]c1=O. The third-order valence-electron chi connectivity index (χ3n) is 3.23. The molecule has 0 radical (unpaired) electrons. The largest absolute Gasteiger partial charge is 0.318 e. The summed E-state index contributed by atoms with van der Waals surface area (Å²) in [6.45, 7) is 0. The Balaban J connectivity index is 2.33. The number of nitriles is 1. The van der Waals surface area contributed by atoms with E-state index in [1.807, 2.05) is 0 Å². The van der Waals surface area contributed by atoms with E-state index < -0.39 is 17.2 Å². The first-order valence-corrected chi connectivity index (χ1v) is 6.65. The van der Waals surface area contributed by atoms with E-state index in [4.69, 9.17) is 5.26 Å². The fourth-order valence-corrected chi connectivity index (χ4v) is 2.22. The second-order valence-corrected chi connectivity index (χ2v) is 4.77. The van der Waals surface area contributed by atoms with Gasteiger partial charge in [0.15, 0.2) is 0 Å². The Morgan fingerprint density at radius 1 is 1.00 bits per heavy atom. The minimum Gasteiger partial charge on any atom is -0.318 e. The number of aromatic nitrogens is 2. The summed E-state index contributed by atoms with van der Waals surface area (Å²) in [4.78, 5) is 18.4. The van der Waals surface area contributed by atoms with Crippen LogP contribution in [0.15, 0.2) is 53.3 Å². The molecule has 112 valence electrons. The maximum atomic E-state index is 13.5. The Hall–Kier alpha value is -3.33. The van der Waals surface area contributed by atoms with Crippen molar-refractivity contribution in [3.8, 4) is 28.6 Å². The number of aromatic amines is 1. The molecule has 1 heterocycles. The number of halogens is 2. The molecule has 6 heteroatoms. The van der Waals surface area contributed by atoms with Crippen LogP contribution in [0.1, 0.15) is 5.69 Å². The average molecular weight is 309 g/mol. The Morgan fingerprint density at radius 2 is 1.61 bits per heavy atom. The number of rotatable bonds is 2. The first-order chi connectivity index (χ1) is 11.1. The van der Waals surface area contributed by atoms with Gasteiger partial charge in [0.25, 0.3) is 5.56 Å². The van der Waals surface area contributed by atoms with Crippen LogP contribution in [0.2, 0.25) is 0 Å². The van der Waals surface area contributed by atoms with E-state index in [1.165, 1.54) is 36.4 Å². The molecule has 0 aliphatic heterocycles. The Morgan fingerprint density at radius 3 is 2.22 bits per heavy atom. The average Bonchev–Trinajstić information content (AvgIpc) is 2.54. The van der Waals surface area contributed by atoms with Crippen molar-refractivity contribution in [3.63, 3.8) is 0 Å². The number of hydrogen-bond acceptors (Lipinski definition) is 3. The maximum Gasteiger partial charge on any atom is 0.285 e. The van der Waals surface area contributed by atoms with E-state index in [0.29, 0.717) is 11.1 Å². The summed E-state index contributed by atoms with van der Waals surface area (Å²) < 4.78 is 27.0. The lowest BCUT2D eigenvalue weighted by Crippen LogP contribution is -2.15. The lowest BCUT2D eigenvalue weighted by molar-refractivity contribution is 0.627. The van der Waals surface area contributed by atoms with Crippen LogP contribution in [0, 0.1) is 23.0 Å². The molecule has 0 fully saturated rings. The minimum atomic E-state index is -0.688. The molecule has 0 aliphatic carbocycles. The minimum absolute atomic E-state index is 0.200. The van der Waals surface area contributed by atoms with Gasteiger partial charge in [0.05, 0.1) is 11.4 Å². The highest BCUT2D eigenvalue weighted by molar-refractivity contribution is 5.78. The number of benzene rings is 2. The molecule has 0 spiro atoms. The number of hydrogen-bond donors (Lipinski definition) is 1. The second kappa shape index (κ2) is 5.81. The van der Waals surface area contributed by atoms with E-state index in [0.717, 1.165) is 0 Å². The number of H-pyrrole nitrogens is 1. The van der Waals surface area contributed by atoms with Crippen LogP contribution in [-0.2, 0) is 0 Å². The molecule has 0 bridgehead atoms. The molecule has 2 aromatic carbocycles. The third-order valence-corrected chi connectivity index (χ3v) is 3.23. The van der Waals surface area contributed by atoms with Gasteiger partial charge < -0.3 is 4.98 Å². The quantitative estimate of drug-likeness (QED) is 0.790. The van der Waals surface area contributed by atoms with E-state index in [2.05, 4.69) is 9.97 Å². The lowest BCUT2D eigenvalue weighted by atomic mass is 10.0. The van der Waals surface area contributed by atoms with Crippen molar-refractivity contribution in [2.75, 3.05) is 0 Å². The Kier molecular flexibility index (Phi) is 3.69. The fourth-order valence-electron chi connectivity index (χ4n) is 2.22. The predicted octanol–water partition coefficient (Wildman–Crippen LogP) is 3.25. The highest BCUT2D eigenvalue weighted by atomic mass is 19.1. The molecule has 0 aliphatic rings. The topological polar surface area (TPSA) is 69.5 Å². The molecule has 1 N–H and O–H groups in total. The highest BCUT2D eigenvalue weighted by Gasteiger charge is 2.15. The van der Waals surface area contributed by atoms with E-state index in [1.54, 1.807) is 18.2 Å². The Bertz CT molecular complexity index is 990. The summed E-state index contributed by atoms with van der Waals surface area (Å²) in [5, 5.41) is 8.98. The van der Waals surface area contributed by atoms with Gasteiger partial charge in [0, 0.05) is 11.1 Å². The summed E-state index contributed by atoms with van der Waals surface area (Å²) in [5.74, 6) is -0.975. The second-order valence-electron chi connectivity index (χ2n) is 4.77. The molecule has 0 saturated carbocycles. The smallest absolute Gasteiger partial charge is 0.285 e. The van der Waals surface area contributed by atoms with Gasteiger partial charge in [-0.15, -0.1) is 0 Å². The van der Waals surface area contributed by atoms with E-state index in [-0.39, 0.29) is 17.1 Å².